The molecule has 0 spiro atoms. The van der Waals surface area contributed by atoms with E-state index in [2.05, 4.69) is 46.6 Å². The number of hydrogen-bond donors (Lipinski definition) is 1. The molecule has 4 rings (SSSR count). The number of nitrogens with one attached hydrogen (secondary N) is 1. The second-order valence-corrected chi connectivity index (χ2v) is 8.36. The molecule has 2 heterocycles. The molecule has 6 nitrogen and oxygen atoms in total. The van der Waals surface area contributed by atoms with Crippen molar-refractivity contribution < 1.29 is 4.74 Å². The van der Waals surface area contributed by atoms with Crippen LogP contribution in [0.5, 0.6) is 5.75 Å². The smallest absolute Gasteiger partial charge is 0.194 e. The van der Waals surface area contributed by atoms with Gasteiger partial charge in [0.2, 0.25) is 0 Å². The summed E-state index contributed by atoms with van der Waals surface area (Å²) in [5.41, 5.74) is 2.48. The molecule has 0 bridgehead atoms. The molecule has 2 aromatic rings. The second kappa shape index (κ2) is 9.33. The Balaban J connectivity index is 1.37. The molecule has 1 aromatic carbocycles. The highest BCUT2D eigenvalue weighted by Gasteiger charge is 2.25. The number of hydrogen-bond acceptors (Lipinski definition) is 3. The molecule has 0 amide bonds. The van der Waals surface area contributed by atoms with Gasteiger partial charge in [0.15, 0.2) is 5.96 Å². The number of aliphatic imine (C=N–C) groups is 1. The summed E-state index contributed by atoms with van der Waals surface area (Å²) in [7, 11) is 1.98. The Morgan fingerprint density at radius 2 is 2.10 bits per heavy atom. The van der Waals surface area contributed by atoms with Gasteiger partial charge < -0.3 is 15.0 Å². The van der Waals surface area contributed by atoms with Crippen LogP contribution in [-0.2, 0) is 20.0 Å². The molecule has 156 valence electrons. The van der Waals surface area contributed by atoms with Gasteiger partial charge in [-0.25, -0.2) is 4.99 Å². The van der Waals surface area contributed by atoms with Crippen molar-refractivity contribution in [1.82, 2.24) is 20.0 Å². The Labute approximate surface area is 174 Å². The lowest BCUT2D eigenvalue weighted by Gasteiger charge is -2.22. The van der Waals surface area contributed by atoms with Gasteiger partial charge in [-0.3, -0.25) is 4.68 Å². The fourth-order valence-electron chi connectivity index (χ4n) is 3.96. The maximum atomic E-state index is 6.05. The summed E-state index contributed by atoms with van der Waals surface area (Å²) in [5.74, 6) is 3.40. The van der Waals surface area contributed by atoms with Crippen LogP contribution in [0.25, 0.3) is 0 Å². The van der Waals surface area contributed by atoms with Crippen molar-refractivity contribution in [3.8, 4) is 5.75 Å². The number of likely N-dealkylation sites (tertiary alicyclic amines) is 1. The number of para-hydroxylation sites is 1. The number of ether oxygens (including phenoxy) is 1. The fraction of sp³-hybridized carbons (Fsp3) is 0.565. The predicted molar refractivity (Wildman–Crippen MR) is 116 cm³/mol. The zero-order valence-electron chi connectivity index (χ0n) is 17.7. The summed E-state index contributed by atoms with van der Waals surface area (Å²) in [4.78, 5) is 7.35. The van der Waals surface area contributed by atoms with E-state index in [-0.39, 0.29) is 0 Å². The van der Waals surface area contributed by atoms with Gasteiger partial charge in [-0.1, -0.05) is 18.2 Å². The molecule has 1 N–H and O–H groups in total. The molecule has 1 saturated heterocycles. The lowest BCUT2D eigenvalue weighted by atomic mass is 10.0. The van der Waals surface area contributed by atoms with E-state index in [4.69, 9.17) is 9.73 Å². The van der Waals surface area contributed by atoms with Crippen LogP contribution in [-0.4, -0.2) is 46.9 Å². The van der Waals surface area contributed by atoms with E-state index in [1.165, 1.54) is 24.8 Å². The normalized spacial score (nSPS) is 19.6. The van der Waals surface area contributed by atoms with Crippen molar-refractivity contribution in [2.45, 2.75) is 39.2 Å². The summed E-state index contributed by atoms with van der Waals surface area (Å²) in [5, 5.41) is 7.78. The number of aromatic nitrogens is 2. The van der Waals surface area contributed by atoms with E-state index in [1.807, 2.05) is 24.0 Å². The van der Waals surface area contributed by atoms with Gasteiger partial charge >= 0.3 is 0 Å². The van der Waals surface area contributed by atoms with Crippen molar-refractivity contribution in [3.63, 3.8) is 0 Å². The van der Waals surface area contributed by atoms with E-state index >= 15 is 0 Å². The predicted octanol–water partition coefficient (Wildman–Crippen LogP) is 3.24. The summed E-state index contributed by atoms with van der Waals surface area (Å²) in [6.45, 7) is 6.58. The fourth-order valence-corrected chi connectivity index (χ4v) is 3.96. The first-order valence-corrected chi connectivity index (χ1v) is 10.9. The molecule has 0 radical (unpaired) electrons. The molecule has 1 aromatic heterocycles. The Kier molecular flexibility index (Phi) is 6.37. The van der Waals surface area contributed by atoms with Crippen molar-refractivity contribution in [2.24, 2.45) is 23.9 Å². The maximum absolute atomic E-state index is 6.05. The number of guanidine groups is 1. The standard InChI is InChI=1S/C23H33N5O/c1-3-24-23(28-11-10-19(16-28)12-20-13-26-27(2)15-20)25-14-21-6-4-5-7-22(21)29-17-18-8-9-18/h4-7,13,15,18-19H,3,8-12,14,16-17H2,1-2H3,(H,24,25). The minimum absolute atomic E-state index is 0.646. The zero-order valence-corrected chi connectivity index (χ0v) is 17.7. The third-order valence-electron chi connectivity index (χ3n) is 5.75. The Morgan fingerprint density at radius 1 is 1.24 bits per heavy atom. The summed E-state index contributed by atoms with van der Waals surface area (Å²) in [6, 6.07) is 8.32. The van der Waals surface area contributed by atoms with Gasteiger partial charge in [-0.2, -0.15) is 5.10 Å². The van der Waals surface area contributed by atoms with Gasteiger partial charge in [-0.05, 0) is 56.1 Å². The highest BCUT2D eigenvalue weighted by atomic mass is 16.5. The monoisotopic (exact) mass is 395 g/mol. The van der Waals surface area contributed by atoms with Crippen LogP contribution < -0.4 is 10.1 Å². The first-order valence-electron chi connectivity index (χ1n) is 10.9. The Morgan fingerprint density at radius 3 is 2.86 bits per heavy atom. The molecule has 2 fully saturated rings. The van der Waals surface area contributed by atoms with E-state index in [0.29, 0.717) is 12.5 Å². The molecular formula is C23H33N5O. The third-order valence-corrected chi connectivity index (χ3v) is 5.75. The molecule has 6 heteroatoms. The lowest BCUT2D eigenvalue weighted by molar-refractivity contribution is 0.297. The van der Waals surface area contributed by atoms with Gasteiger partial charge in [0.05, 0.1) is 19.3 Å². The van der Waals surface area contributed by atoms with E-state index < -0.39 is 0 Å². The van der Waals surface area contributed by atoms with E-state index in [0.717, 1.165) is 55.9 Å². The van der Waals surface area contributed by atoms with E-state index in [9.17, 15) is 0 Å². The average molecular weight is 396 g/mol. The molecule has 1 aliphatic heterocycles. The molecule has 1 unspecified atom stereocenters. The summed E-state index contributed by atoms with van der Waals surface area (Å²) < 4.78 is 7.94. The third kappa shape index (κ3) is 5.52. The van der Waals surface area contributed by atoms with Crippen molar-refractivity contribution in [2.75, 3.05) is 26.2 Å². The van der Waals surface area contributed by atoms with Crippen molar-refractivity contribution in [1.29, 1.82) is 0 Å². The molecule has 29 heavy (non-hydrogen) atoms. The number of rotatable bonds is 8. The highest BCUT2D eigenvalue weighted by molar-refractivity contribution is 5.80. The average Bonchev–Trinajstić information content (AvgIpc) is 3.30. The minimum Gasteiger partial charge on any atom is -0.493 e. The van der Waals surface area contributed by atoms with Gasteiger partial charge in [0, 0.05) is 38.4 Å². The summed E-state index contributed by atoms with van der Waals surface area (Å²) in [6.07, 6.45) is 9.00. The zero-order chi connectivity index (χ0) is 20.1. The summed E-state index contributed by atoms with van der Waals surface area (Å²) >= 11 is 0. The Hall–Kier alpha value is -2.50. The first kappa shape index (κ1) is 19.8. The van der Waals surface area contributed by atoms with Crippen molar-refractivity contribution >= 4 is 5.96 Å². The maximum Gasteiger partial charge on any atom is 0.194 e. The number of aryl methyl sites for hydroxylation is 1. The second-order valence-electron chi connectivity index (χ2n) is 8.36. The van der Waals surface area contributed by atoms with Crippen LogP contribution in [0.1, 0.15) is 37.3 Å². The quantitative estimate of drug-likeness (QED) is 0.551. The largest absolute Gasteiger partial charge is 0.493 e. The van der Waals surface area contributed by atoms with Gasteiger partial charge in [-0.15, -0.1) is 0 Å². The Bertz CT molecular complexity index is 826. The highest BCUT2D eigenvalue weighted by Crippen LogP contribution is 2.30. The molecule has 1 atom stereocenters. The van der Waals surface area contributed by atoms with Gasteiger partial charge in [0.1, 0.15) is 5.75 Å². The number of benzene rings is 1. The molecular weight excluding hydrogens is 362 g/mol. The van der Waals surface area contributed by atoms with Gasteiger partial charge in [0.25, 0.3) is 0 Å². The van der Waals surface area contributed by atoms with Crippen LogP contribution >= 0.6 is 0 Å². The van der Waals surface area contributed by atoms with Crippen LogP contribution in [0, 0.1) is 11.8 Å². The molecule has 1 aliphatic carbocycles. The van der Waals surface area contributed by atoms with Crippen LogP contribution in [0.15, 0.2) is 41.7 Å². The molecule has 2 aliphatic rings. The lowest BCUT2D eigenvalue weighted by Crippen LogP contribution is -2.40. The van der Waals surface area contributed by atoms with Crippen LogP contribution in [0.3, 0.4) is 0 Å². The van der Waals surface area contributed by atoms with Crippen LogP contribution in [0.2, 0.25) is 0 Å². The van der Waals surface area contributed by atoms with Crippen LogP contribution in [0.4, 0.5) is 0 Å². The van der Waals surface area contributed by atoms with Crippen molar-refractivity contribution in [3.05, 3.63) is 47.8 Å². The first-order chi connectivity index (χ1) is 14.2. The molecule has 1 saturated carbocycles. The number of nitrogens with zero attached hydrogens (tertiary/aromatic N) is 4. The SMILES string of the molecule is CCNC(=NCc1ccccc1OCC1CC1)N1CCC(Cc2cnn(C)c2)C1. The minimum atomic E-state index is 0.646. The van der Waals surface area contributed by atoms with E-state index in [1.54, 1.807) is 0 Å². The topological polar surface area (TPSA) is 54.7 Å².